The average Bonchev–Trinajstić information content (AvgIpc) is 2.48. The Bertz CT molecular complexity index is 610. The summed E-state index contributed by atoms with van der Waals surface area (Å²) < 4.78 is 0. The molecule has 0 unspecified atom stereocenters. The van der Waals surface area contributed by atoms with Crippen molar-refractivity contribution in [3.8, 4) is 0 Å². The van der Waals surface area contributed by atoms with Gasteiger partial charge >= 0.3 is 5.97 Å². The van der Waals surface area contributed by atoms with Gasteiger partial charge in [0.25, 0.3) is 0 Å². The SMILES string of the molecule is CCCc1ccc(C(=O)c2ccc(C(=O)O)cc2)cc1. The van der Waals surface area contributed by atoms with Crippen molar-refractivity contribution in [1.82, 2.24) is 0 Å². The van der Waals surface area contributed by atoms with Crippen molar-refractivity contribution in [3.05, 3.63) is 70.8 Å². The molecule has 0 aliphatic rings. The highest BCUT2D eigenvalue weighted by atomic mass is 16.4. The highest BCUT2D eigenvalue weighted by Gasteiger charge is 2.10. The minimum Gasteiger partial charge on any atom is -0.478 e. The number of aromatic carboxylic acids is 1. The molecule has 0 spiro atoms. The molecule has 2 aromatic rings. The van der Waals surface area contributed by atoms with Crippen molar-refractivity contribution >= 4 is 11.8 Å². The van der Waals surface area contributed by atoms with Crippen molar-refractivity contribution < 1.29 is 14.7 Å². The molecule has 0 amide bonds. The number of carboxylic acid groups (broad SMARTS) is 1. The minimum atomic E-state index is -0.993. The fraction of sp³-hybridized carbons (Fsp3) is 0.176. The fourth-order valence-corrected chi connectivity index (χ4v) is 2.04. The molecule has 102 valence electrons. The average molecular weight is 268 g/mol. The van der Waals surface area contributed by atoms with Crippen molar-refractivity contribution in [3.63, 3.8) is 0 Å². The summed E-state index contributed by atoms with van der Waals surface area (Å²) >= 11 is 0. The molecule has 0 fully saturated rings. The van der Waals surface area contributed by atoms with E-state index in [9.17, 15) is 9.59 Å². The Hall–Kier alpha value is -2.42. The predicted octanol–water partition coefficient (Wildman–Crippen LogP) is 3.57. The van der Waals surface area contributed by atoms with E-state index < -0.39 is 5.97 Å². The first kappa shape index (κ1) is 14.0. The van der Waals surface area contributed by atoms with Gasteiger partial charge in [0.05, 0.1) is 5.56 Å². The quantitative estimate of drug-likeness (QED) is 0.843. The summed E-state index contributed by atoms with van der Waals surface area (Å²) in [6, 6.07) is 13.5. The first-order valence-electron chi connectivity index (χ1n) is 6.59. The van der Waals surface area contributed by atoms with Crippen molar-refractivity contribution in [2.45, 2.75) is 19.8 Å². The molecule has 20 heavy (non-hydrogen) atoms. The maximum absolute atomic E-state index is 12.2. The van der Waals surface area contributed by atoms with Crippen LogP contribution in [0.4, 0.5) is 0 Å². The smallest absolute Gasteiger partial charge is 0.335 e. The van der Waals surface area contributed by atoms with Gasteiger partial charge in [-0.2, -0.15) is 0 Å². The van der Waals surface area contributed by atoms with E-state index in [0.29, 0.717) is 11.1 Å². The molecule has 3 nitrogen and oxygen atoms in total. The summed E-state index contributed by atoms with van der Waals surface area (Å²) in [5.74, 6) is -1.09. The number of hydrogen-bond donors (Lipinski definition) is 1. The van der Waals surface area contributed by atoms with E-state index in [4.69, 9.17) is 5.11 Å². The summed E-state index contributed by atoms with van der Waals surface area (Å²) in [5.41, 5.74) is 2.51. The lowest BCUT2D eigenvalue weighted by atomic mass is 10.00. The number of benzene rings is 2. The Labute approximate surface area is 117 Å². The van der Waals surface area contributed by atoms with E-state index in [1.54, 1.807) is 12.1 Å². The molecule has 3 heteroatoms. The second kappa shape index (κ2) is 6.15. The molecule has 0 aliphatic carbocycles. The molecule has 0 atom stereocenters. The first-order valence-corrected chi connectivity index (χ1v) is 6.59. The molecule has 0 heterocycles. The zero-order chi connectivity index (χ0) is 14.5. The number of carboxylic acids is 1. The van der Waals surface area contributed by atoms with Gasteiger partial charge in [-0.1, -0.05) is 49.7 Å². The Morgan fingerprint density at radius 2 is 1.30 bits per heavy atom. The molecular formula is C17H16O3. The van der Waals surface area contributed by atoms with Crippen LogP contribution in [0.25, 0.3) is 0 Å². The summed E-state index contributed by atoms with van der Waals surface area (Å²) in [4.78, 5) is 23.0. The van der Waals surface area contributed by atoms with Gasteiger partial charge in [-0.05, 0) is 24.1 Å². The monoisotopic (exact) mass is 268 g/mol. The third-order valence-corrected chi connectivity index (χ3v) is 3.15. The summed E-state index contributed by atoms with van der Waals surface area (Å²) in [6.07, 6.45) is 2.08. The normalized spacial score (nSPS) is 10.2. The van der Waals surface area contributed by atoms with Crippen LogP contribution in [-0.2, 0) is 6.42 Å². The van der Waals surface area contributed by atoms with Gasteiger partial charge in [-0.25, -0.2) is 4.79 Å². The summed E-state index contributed by atoms with van der Waals surface area (Å²) in [7, 11) is 0. The third kappa shape index (κ3) is 3.12. The topological polar surface area (TPSA) is 54.4 Å². The second-order valence-corrected chi connectivity index (χ2v) is 4.66. The fourth-order valence-electron chi connectivity index (χ4n) is 2.04. The van der Waals surface area contributed by atoms with Crippen molar-refractivity contribution in [1.29, 1.82) is 0 Å². The Balaban J connectivity index is 2.20. The second-order valence-electron chi connectivity index (χ2n) is 4.66. The number of hydrogen-bond acceptors (Lipinski definition) is 2. The molecule has 0 aromatic heterocycles. The van der Waals surface area contributed by atoms with Gasteiger partial charge in [-0.15, -0.1) is 0 Å². The molecule has 2 aromatic carbocycles. The molecule has 0 radical (unpaired) electrons. The number of aryl methyl sites for hydroxylation is 1. The Morgan fingerprint density at radius 1 is 0.850 bits per heavy atom. The lowest BCUT2D eigenvalue weighted by Gasteiger charge is -2.04. The number of ketones is 1. The van der Waals surface area contributed by atoms with Gasteiger partial charge in [0, 0.05) is 11.1 Å². The van der Waals surface area contributed by atoms with E-state index in [2.05, 4.69) is 6.92 Å². The molecule has 0 saturated heterocycles. The molecule has 0 saturated carbocycles. The maximum Gasteiger partial charge on any atom is 0.335 e. The van der Waals surface area contributed by atoms with Gasteiger partial charge in [0.2, 0.25) is 0 Å². The summed E-state index contributed by atoms with van der Waals surface area (Å²) in [6.45, 7) is 2.11. The van der Waals surface area contributed by atoms with Crippen LogP contribution in [0.1, 0.15) is 45.2 Å². The largest absolute Gasteiger partial charge is 0.478 e. The molecule has 0 bridgehead atoms. The zero-order valence-corrected chi connectivity index (χ0v) is 11.3. The van der Waals surface area contributed by atoms with Gasteiger partial charge in [0.15, 0.2) is 5.78 Å². The summed E-state index contributed by atoms with van der Waals surface area (Å²) in [5, 5.41) is 8.83. The highest BCUT2D eigenvalue weighted by Crippen LogP contribution is 2.13. The minimum absolute atomic E-state index is 0.0926. The molecule has 1 N–H and O–H groups in total. The number of carbonyl (C=O) groups excluding carboxylic acids is 1. The molecule has 2 rings (SSSR count). The van der Waals surface area contributed by atoms with Gasteiger partial charge in [0.1, 0.15) is 0 Å². The Kier molecular flexibility index (Phi) is 4.31. The van der Waals surface area contributed by atoms with E-state index >= 15 is 0 Å². The van der Waals surface area contributed by atoms with E-state index in [-0.39, 0.29) is 11.3 Å². The number of carbonyl (C=O) groups is 2. The van der Waals surface area contributed by atoms with Crippen LogP contribution < -0.4 is 0 Å². The highest BCUT2D eigenvalue weighted by molar-refractivity contribution is 6.09. The lowest BCUT2D eigenvalue weighted by Crippen LogP contribution is -2.03. The van der Waals surface area contributed by atoms with E-state index in [0.717, 1.165) is 12.8 Å². The zero-order valence-electron chi connectivity index (χ0n) is 11.3. The number of rotatable bonds is 5. The van der Waals surface area contributed by atoms with E-state index in [1.165, 1.54) is 17.7 Å². The predicted molar refractivity (Wildman–Crippen MR) is 77.3 cm³/mol. The third-order valence-electron chi connectivity index (χ3n) is 3.15. The van der Waals surface area contributed by atoms with Crippen LogP contribution in [0.15, 0.2) is 48.5 Å². The van der Waals surface area contributed by atoms with E-state index in [1.807, 2.05) is 24.3 Å². The molecular weight excluding hydrogens is 252 g/mol. The van der Waals surface area contributed by atoms with Crippen LogP contribution in [-0.4, -0.2) is 16.9 Å². The van der Waals surface area contributed by atoms with Crippen molar-refractivity contribution in [2.75, 3.05) is 0 Å². The lowest BCUT2D eigenvalue weighted by molar-refractivity contribution is 0.0696. The van der Waals surface area contributed by atoms with Gasteiger partial charge < -0.3 is 5.11 Å². The van der Waals surface area contributed by atoms with Crippen LogP contribution in [0.5, 0.6) is 0 Å². The molecule has 0 aliphatic heterocycles. The Morgan fingerprint density at radius 3 is 1.75 bits per heavy atom. The van der Waals surface area contributed by atoms with Crippen LogP contribution in [0.3, 0.4) is 0 Å². The van der Waals surface area contributed by atoms with Crippen LogP contribution in [0, 0.1) is 0 Å². The van der Waals surface area contributed by atoms with Crippen LogP contribution in [0.2, 0.25) is 0 Å². The van der Waals surface area contributed by atoms with Crippen molar-refractivity contribution in [2.24, 2.45) is 0 Å². The maximum atomic E-state index is 12.2. The van der Waals surface area contributed by atoms with Gasteiger partial charge in [-0.3, -0.25) is 4.79 Å². The first-order chi connectivity index (χ1) is 9.61. The van der Waals surface area contributed by atoms with Crippen LogP contribution >= 0.6 is 0 Å². The standard InChI is InChI=1S/C17H16O3/c1-2-3-12-4-6-13(7-5-12)16(18)14-8-10-15(11-9-14)17(19)20/h4-11H,2-3H2,1H3,(H,19,20).